The zero-order valence-electron chi connectivity index (χ0n) is 21.2. The van der Waals surface area contributed by atoms with E-state index in [0.29, 0.717) is 0 Å². The van der Waals surface area contributed by atoms with Crippen LogP contribution in [0.25, 0.3) is 21.9 Å². The molecule has 0 amide bonds. The minimum atomic E-state index is -0.0686. The highest BCUT2D eigenvalue weighted by atomic mass is 79.9. The summed E-state index contributed by atoms with van der Waals surface area (Å²) in [4.78, 5) is 0. The van der Waals surface area contributed by atoms with Gasteiger partial charge in [-0.3, -0.25) is 0 Å². The third-order valence-corrected chi connectivity index (χ3v) is 9.34. The largest absolute Gasteiger partial charge is 0.0619 e. The van der Waals surface area contributed by atoms with Gasteiger partial charge in [-0.05, 0) is 79.0 Å². The van der Waals surface area contributed by atoms with Crippen molar-refractivity contribution in [1.29, 1.82) is 0 Å². The molecule has 7 rings (SSSR count). The van der Waals surface area contributed by atoms with E-state index in [1.165, 1.54) is 60.8 Å². The number of benzene rings is 5. The summed E-state index contributed by atoms with van der Waals surface area (Å²) in [5, 5.41) is 2.55. The molecule has 0 aromatic heterocycles. The first-order valence-corrected chi connectivity index (χ1v) is 13.6. The smallest absolute Gasteiger partial charge is 0.0346 e. The molecule has 0 saturated heterocycles. The molecule has 0 heterocycles. The molecule has 1 atom stereocenters. The standard InChI is InChI=1S/C35H29Br/c1-34(2)29-11-7-5-9-25(29)27-19-32-28(20-31(27)34)33(26-10-6-8-12-30(26)35(32,3)4)23-14-13-22-18-24(36)16-15-21(22)17-23/h5-20,33H,1-4H3. The second-order valence-electron chi connectivity index (χ2n) is 11.6. The third-order valence-electron chi connectivity index (χ3n) is 8.84. The minimum Gasteiger partial charge on any atom is -0.0619 e. The molecule has 1 unspecified atom stereocenters. The molecule has 0 nitrogen and oxygen atoms in total. The van der Waals surface area contributed by atoms with Gasteiger partial charge < -0.3 is 0 Å². The van der Waals surface area contributed by atoms with Gasteiger partial charge in [0, 0.05) is 21.2 Å². The van der Waals surface area contributed by atoms with Crippen molar-refractivity contribution in [2.45, 2.75) is 44.4 Å². The molecular formula is C35H29Br. The Morgan fingerprint density at radius 3 is 2.03 bits per heavy atom. The van der Waals surface area contributed by atoms with Crippen LogP contribution in [0.4, 0.5) is 0 Å². The van der Waals surface area contributed by atoms with Gasteiger partial charge in [0.2, 0.25) is 0 Å². The summed E-state index contributed by atoms with van der Waals surface area (Å²) in [7, 11) is 0. The van der Waals surface area contributed by atoms with Crippen LogP contribution in [0.1, 0.15) is 72.6 Å². The van der Waals surface area contributed by atoms with Crippen molar-refractivity contribution in [3.63, 3.8) is 0 Å². The fourth-order valence-electron chi connectivity index (χ4n) is 6.95. The molecule has 2 aliphatic carbocycles. The van der Waals surface area contributed by atoms with E-state index in [1.807, 2.05) is 0 Å². The molecule has 0 spiro atoms. The Hall–Kier alpha value is -3.16. The molecule has 36 heavy (non-hydrogen) atoms. The van der Waals surface area contributed by atoms with Gasteiger partial charge in [-0.25, -0.2) is 0 Å². The molecule has 5 aromatic rings. The summed E-state index contributed by atoms with van der Waals surface area (Å²) in [6.07, 6.45) is 0. The maximum atomic E-state index is 3.63. The second-order valence-corrected chi connectivity index (χ2v) is 12.5. The van der Waals surface area contributed by atoms with E-state index in [9.17, 15) is 0 Å². The van der Waals surface area contributed by atoms with Gasteiger partial charge in [-0.2, -0.15) is 0 Å². The van der Waals surface area contributed by atoms with Gasteiger partial charge in [0.15, 0.2) is 0 Å². The zero-order chi connectivity index (χ0) is 24.8. The summed E-state index contributed by atoms with van der Waals surface area (Å²) in [6, 6.07) is 36.8. The van der Waals surface area contributed by atoms with Crippen molar-refractivity contribution >= 4 is 26.7 Å². The summed E-state index contributed by atoms with van der Waals surface area (Å²) in [6.45, 7) is 9.57. The molecule has 0 saturated carbocycles. The Balaban J connectivity index is 1.54. The molecule has 1 heteroatoms. The number of hydrogen-bond donors (Lipinski definition) is 0. The van der Waals surface area contributed by atoms with E-state index in [4.69, 9.17) is 0 Å². The summed E-state index contributed by atoms with van der Waals surface area (Å²) < 4.78 is 1.12. The van der Waals surface area contributed by atoms with E-state index in [0.717, 1.165) is 4.47 Å². The van der Waals surface area contributed by atoms with E-state index < -0.39 is 0 Å². The number of hydrogen-bond acceptors (Lipinski definition) is 0. The van der Waals surface area contributed by atoms with Crippen LogP contribution in [-0.2, 0) is 10.8 Å². The lowest BCUT2D eigenvalue weighted by atomic mass is 9.62. The van der Waals surface area contributed by atoms with Crippen molar-refractivity contribution in [3.8, 4) is 11.1 Å². The van der Waals surface area contributed by atoms with Gasteiger partial charge in [-0.1, -0.05) is 122 Å². The van der Waals surface area contributed by atoms with Gasteiger partial charge in [0.25, 0.3) is 0 Å². The zero-order valence-corrected chi connectivity index (χ0v) is 22.8. The average Bonchev–Trinajstić information content (AvgIpc) is 3.10. The van der Waals surface area contributed by atoms with Crippen LogP contribution in [-0.4, -0.2) is 0 Å². The van der Waals surface area contributed by atoms with Crippen LogP contribution in [0.3, 0.4) is 0 Å². The molecular weight excluding hydrogens is 500 g/mol. The van der Waals surface area contributed by atoms with E-state index in [2.05, 4.69) is 141 Å². The fraction of sp³-hybridized carbons (Fsp3) is 0.200. The van der Waals surface area contributed by atoms with Gasteiger partial charge in [0.05, 0.1) is 0 Å². The van der Waals surface area contributed by atoms with Crippen molar-refractivity contribution in [1.82, 2.24) is 0 Å². The summed E-state index contributed by atoms with van der Waals surface area (Å²) in [5.41, 5.74) is 12.7. The molecule has 0 bridgehead atoms. The Kier molecular flexibility index (Phi) is 4.56. The Labute approximate surface area is 222 Å². The second kappa shape index (κ2) is 7.43. The first kappa shape index (κ1) is 22.1. The monoisotopic (exact) mass is 528 g/mol. The van der Waals surface area contributed by atoms with Gasteiger partial charge >= 0.3 is 0 Å². The predicted molar refractivity (Wildman–Crippen MR) is 155 cm³/mol. The first-order chi connectivity index (χ1) is 17.3. The van der Waals surface area contributed by atoms with Crippen molar-refractivity contribution in [2.75, 3.05) is 0 Å². The first-order valence-electron chi connectivity index (χ1n) is 12.8. The Bertz CT molecular complexity index is 1700. The summed E-state index contributed by atoms with van der Waals surface area (Å²) in [5.74, 6) is 0.210. The molecule has 0 aliphatic heterocycles. The molecule has 5 aromatic carbocycles. The number of rotatable bonds is 1. The van der Waals surface area contributed by atoms with Crippen molar-refractivity contribution in [3.05, 3.63) is 140 Å². The molecule has 0 fully saturated rings. The van der Waals surface area contributed by atoms with Crippen LogP contribution < -0.4 is 0 Å². The maximum absolute atomic E-state index is 3.63. The van der Waals surface area contributed by atoms with Crippen LogP contribution >= 0.6 is 15.9 Å². The van der Waals surface area contributed by atoms with E-state index in [-0.39, 0.29) is 16.7 Å². The fourth-order valence-corrected chi connectivity index (χ4v) is 7.33. The van der Waals surface area contributed by atoms with Gasteiger partial charge in [0.1, 0.15) is 0 Å². The highest BCUT2D eigenvalue weighted by Crippen LogP contribution is 2.55. The lowest BCUT2D eigenvalue weighted by Crippen LogP contribution is -2.30. The van der Waals surface area contributed by atoms with Crippen LogP contribution in [0.2, 0.25) is 0 Å². The highest BCUT2D eigenvalue weighted by Gasteiger charge is 2.42. The minimum absolute atomic E-state index is 0.0116. The SMILES string of the molecule is CC1(C)c2ccccc2-c2cc3c(cc21)C(c1ccc2cc(Br)ccc2c1)c1ccccc1C3(C)C. The lowest BCUT2D eigenvalue weighted by Gasteiger charge is -2.41. The summed E-state index contributed by atoms with van der Waals surface area (Å²) >= 11 is 3.63. The van der Waals surface area contributed by atoms with E-state index >= 15 is 0 Å². The molecule has 0 N–H and O–H groups in total. The van der Waals surface area contributed by atoms with E-state index in [1.54, 1.807) is 0 Å². The Morgan fingerprint density at radius 2 is 1.19 bits per heavy atom. The molecule has 2 aliphatic rings. The number of fused-ring (bicyclic) bond motifs is 6. The van der Waals surface area contributed by atoms with Gasteiger partial charge in [-0.15, -0.1) is 0 Å². The quantitative estimate of drug-likeness (QED) is 0.203. The maximum Gasteiger partial charge on any atom is 0.0346 e. The topological polar surface area (TPSA) is 0 Å². The predicted octanol–water partition coefficient (Wildman–Crippen LogP) is 9.73. The normalized spacial score (nSPS) is 18.3. The van der Waals surface area contributed by atoms with Crippen LogP contribution in [0.15, 0.2) is 102 Å². The van der Waals surface area contributed by atoms with Crippen LogP contribution in [0, 0.1) is 0 Å². The average molecular weight is 530 g/mol. The third kappa shape index (κ3) is 2.93. The van der Waals surface area contributed by atoms with Crippen LogP contribution in [0.5, 0.6) is 0 Å². The highest BCUT2D eigenvalue weighted by molar-refractivity contribution is 9.10. The molecule has 0 radical (unpaired) electrons. The van der Waals surface area contributed by atoms with Crippen molar-refractivity contribution < 1.29 is 0 Å². The van der Waals surface area contributed by atoms with Crippen molar-refractivity contribution in [2.24, 2.45) is 0 Å². The lowest BCUT2D eigenvalue weighted by molar-refractivity contribution is 0.594. The number of halogens is 1. The molecule has 176 valence electrons. The Morgan fingerprint density at radius 1 is 0.528 bits per heavy atom.